The fraction of sp³-hybridized carbons (Fsp3) is 0.321. The normalized spacial score (nSPS) is 16.6. The monoisotopic (exact) mass is 472 g/mol. The van der Waals surface area contributed by atoms with Gasteiger partial charge >= 0.3 is 0 Å². The van der Waals surface area contributed by atoms with Crippen molar-refractivity contribution in [1.82, 2.24) is 15.6 Å². The summed E-state index contributed by atoms with van der Waals surface area (Å²) in [6.45, 7) is 9.15. The van der Waals surface area contributed by atoms with Gasteiger partial charge in [-0.2, -0.15) is 5.26 Å². The van der Waals surface area contributed by atoms with Crippen LogP contribution >= 0.6 is 0 Å². The number of hydrogen-bond acceptors (Lipinski definition) is 6. The number of aromatic nitrogens is 1. The van der Waals surface area contributed by atoms with Crippen molar-refractivity contribution in [2.45, 2.75) is 46.4 Å². The van der Waals surface area contributed by atoms with Gasteiger partial charge in [-0.25, -0.2) is 0 Å². The van der Waals surface area contributed by atoms with E-state index in [4.69, 9.17) is 4.74 Å². The highest BCUT2D eigenvalue weighted by atomic mass is 16.5. The summed E-state index contributed by atoms with van der Waals surface area (Å²) in [7, 11) is 0. The van der Waals surface area contributed by atoms with E-state index in [1.807, 2.05) is 58.0 Å². The quantitative estimate of drug-likeness (QED) is 0.502. The smallest absolute Gasteiger partial charge is 0.251 e. The average molecular weight is 473 g/mol. The number of nitrogens with one attached hydrogen (secondary N) is 2. The van der Waals surface area contributed by atoms with Crippen LogP contribution < -0.4 is 15.4 Å². The minimum absolute atomic E-state index is 0.266. The van der Waals surface area contributed by atoms with E-state index in [-0.39, 0.29) is 5.91 Å². The second-order valence-electron chi connectivity index (χ2n) is 8.28. The van der Waals surface area contributed by atoms with Crippen molar-refractivity contribution in [3.8, 4) is 22.9 Å². The van der Waals surface area contributed by atoms with Crippen LogP contribution in [-0.2, 0) is 6.54 Å². The molecular formula is C28H32N4O3. The third-order valence-corrected chi connectivity index (χ3v) is 5.62. The maximum Gasteiger partial charge on any atom is 0.251 e. The van der Waals surface area contributed by atoms with Crippen LogP contribution in [0.3, 0.4) is 0 Å². The molecule has 2 aromatic carbocycles. The van der Waals surface area contributed by atoms with Crippen molar-refractivity contribution < 1.29 is 14.6 Å². The first-order valence-electron chi connectivity index (χ1n) is 11.8. The van der Waals surface area contributed by atoms with Crippen molar-refractivity contribution in [2.75, 3.05) is 13.1 Å². The van der Waals surface area contributed by atoms with Gasteiger partial charge in [0, 0.05) is 37.1 Å². The molecule has 0 spiro atoms. The van der Waals surface area contributed by atoms with Crippen LogP contribution in [0.15, 0.2) is 54.7 Å². The summed E-state index contributed by atoms with van der Waals surface area (Å²) >= 11 is 0. The molecule has 7 heteroatoms. The van der Waals surface area contributed by atoms with Crippen LogP contribution in [0.4, 0.5) is 0 Å². The van der Waals surface area contributed by atoms with Gasteiger partial charge in [0.2, 0.25) is 0 Å². The van der Waals surface area contributed by atoms with Crippen molar-refractivity contribution in [2.24, 2.45) is 0 Å². The molecule has 0 radical (unpaired) electrons. The number of aryl methyl sites for hydroxylation is 2. The molecule has 2 heterocycles. The second kappa shape index (κ2) is 12.1. The Balaban J connectivity index is 0.00000167. The topological polar surface area (TPSA) is 107 Å². The number of amides is 1. The van der Waals surface area contributed by atoms with Gasteiger partial charge in [-0.05, 0) is 66.4 Å². The maximum atomic E-state index is 13.0. The van der Waals surface area contributed by atoms with E-state index in [2.05, 4.69) is 21.7 Å². The Kier molecular flexibility index (Phi) is 8.96. The van der Waals surface area contributed by atoms with E-state index in [1.54, 1.807) is 24.4 Å². The molecule has 4 rings (SSSR count). The lowest BCUT2D eigenvalue weighted by atomic mass is 9.96. The highest BCUT2D eigenvalue weighted by Gasteiger charge is 2.27. The number of carbonyl (C=O) groups excluding carboxylic acids is 1. The molecule has 3 N–H and O–H groups in total. The SMILES string of the molecule is CC.Cc1ccc(-c2cc(OC3CNCC3O)cc(C(=O)NCc3ccc(C)nc3)c2)c(C#N)c1. The Morgan fingerprint density at radius 3 is 2.63 bits per heavy atom. The van der Waals surface area contributed by atoms with E-state index < -0.39 is 12.2 Å². The first-order chi connectivity index (χ1) is 16.9. The molecule has 0 aliphatic carbocycles. The molecular weight excluding hydrogens is 440 g/mol. The molecule has 7 nitrogen and oxygen atoms in total. The maximum absolute atomic E-state index is 13.0. The van der Waals surface area contributed by atoms with Gasteiger partial charge in [0.25, 0.3) is 5.91 Å². The van der Waals surface area contributed by atoms with Gasteiger partial charge in [0.15, 0.2) is 0 Å². The number of carbonyl (C=O) groups is 1. The van der Waals surface area contributed by atoms with E-state index in [1.165, 1.54) is 0 Å². The summed E-state index contributed by atoms with van der Waals surface area (Å²) in [4.78, 5) is 17.3. The largest absolute Gasteiger partial charge is 0.486 e. The molecule has 35 heavy (non-hydrogen) atoms. The van der Waals surface area contributed by atoms with Crippen molar-refractivity contribution in [3.05, 3.63) is 82.7 Å². The zero-order chi connectivity index (χ0) is 25.4. The summed E-state index contributed by atoms with van der Waals surface area (Å²) in [6.07, 6.45) is 0.692. The zero-order valence-electron chi connectivity index (χ0n) is 20.6. The zero-order valence-corrected chi connectivity index (χ0v) is 20.6. The molecule has 1 saturated heterocycles. The van der Waals surface area contributed by atoms with Gasteiger partial charge in [0.05, 0.1) is 11.6 Å². The number of aliphatic hydroxyl groups is 1. The summed E-state index contributed by atoms with van der Waals surface area (Å²) < 4.78 is 6.03. The third kappa shape index (κ3) is 6.66. The molecule has 3 aromatic rings. The molecule has 1 aliphatic rings. The fourth-order valence-corrected chi connectivity index (χ4v) is 3.78. The van der Waals surface area contributed by atoms with Crippen LogP contribution in [-0.4, -0.2) is 41.3 Å². The number of benzene rings is 2. The summed E-state index contributed by atoms with van der Waals surface area (Å²) in [5.41, 5.74) is 5.13. The lowest BCUT2D eigenvalue weighted by Crippen LogP contribution is -2.30. The minimum Gasteiger partial charge on any atom is -0.486 e. The van der Waals surface area contributed by atoms with Crippen molar-refractivity contribution in [1.29, 1.82) is 5.26 Å². The summed E-state index contributed by atoms with van der Waals surface area (Å²) in [6, 6.07) is 16.9. The van der Waals surface area contributed by atoms with Gasteiger partial charge in [-0.1, -0.05) is 32.0 Å². The molecule has 1 fully saturated rings. The van der Waals surface area contributed by atoms with E-state index in [9.17, 15) is 15.2 Å². The van der Waals surface area contributed by atoms with Crippen molar-refractivity contribution >= 4 is 5.91 Å². The molecule has 182 valence electrons. The Labute approximate surface area is 206 Å². The standard InChI is InChI=1S/C26H26N4O3.C2H6/c1-16-3-6-23(21(7-16)11-27)19-8-20(10-22(9-19)33-25-15-28-14-24(25)31)26(32)30-13-18-5-4-17(2)29-12-18;1-2/h3-10,12,24-25,28,31H,13-15H2,1-2H3,(H,30,32);1-2H3. The first kappa shape index (κ1) is 25.9. The molecule has 0 bridgehead atoms. The molecule has 0 saturated carbocycles. The number of pyridine rings is 1. The minimum atomic E-state index is -0.631. The average Bonchev–Trinajstić information content (AvgIpc) is 3.28. The molecule has 1 aliphatic heterocycles. The Hall–Kier alpha value is -3.73. The number of rotatable bonds is 6. The predicted molar refractivity (Wildman–Crippen MR) is 136 cm³/mol. The molecule has 2 atom stereocenters. The summed E-state index contributed by atoms with van der Waals surface area (Å²) in [5.74, 6) is 0.199. The van der Waals surface area contributed by atoms with Gasteiger partial charge in [-0.15, -0.1) is 0 Å². The fourth-order valence-electron chi connectivity index (χ4n) is 3.78. The molecule has 2 unspecified atom stereocenters. The number of nitrogens with zero attached hydrogens (tertiary/aromatic N) is 2. The van der Waals surface area contributed by atoms with Gasteiger partial charge in [0.1, 0.15) is 18.0 Å². The number of β-amino-alcohol motifs (C(OH)–C–C–N with tert-alkyl or cyclic N) is 1. The van der Waals surface area contributed by atoms with Crippen LogP contribution in [0.2, 0.25) is 0 Å². The highest BCUT2D eigenvalue weighted by molar-refractivity contribution is 5.96. The second-order valence-corrected chi connectivity index (χ2v) is 8.28. The molecule has 1 amide bonds. The number of nitriles is 1. The van der Waals surface area contributed by atoms with E-state index >= 15 is 0 Å². The Morgan fingerprint density at radius 1 is 1.17 bits per heavy atom. The van der Waals surface area contributed by atoms with E-state index in [0.717, 1.165) is 22.4 Å². The molecule has 1 aromatic heterocycles. The Bertz CT molecular complexity index is 1200. The van der Waals surface area contributed by atoms with Crippen LogP contribution in [0, 0.1) is 25.2 Å². The lowest BCUT2D eigenvalue weighted by molar-refractivity contribution is 0.0736. The van der Waals surface area contributed by atoms with E-state index in [0.29, 0.717) is 42.1 Å². The van der Waals surface area contributed by atoms with Gasteiger partial charge in [-0.3, -0.25) is 9.78 Å². The predicted octanol–water partition coefficient (Wildman–Crippen LogP) is 3.90. The van der Waals surface area contributed by atoms with Crippen LogP contribution in [0.25, 0.3) is 11.1 Å². The van der Waals surface area contributed by atoms with Crippen LogP contribution in [0.5, 0.6) is 5.75 Å². The summed E-state index contributed by atoms with van der Waals surface area (Å²) in [5, 5.41) is 25.8. The Morgan fingerprint density at radius 2 is 1.97 bits per heavy atom. The van der Waals surface area contributed by atoms with Crippen LogP contribution in [0.1, 0.15) is 46.6 Å². The number of hydrogen-bond donors (Lipinski definition) is 3. The van der Waals surface area contributed by atoms with Crippen molar-refractivity contribution in [3.63, 3.8) is 0 Å². The lowest BCUT2D eigenvalue weighted by Gasteiger charge is -2.18. The van der Waals surface area contributed by atoms with Gasteiger partial charge < -0.3 is 20.5 Å². The first-order valence-corrected chi connectivity index (χ1v) is 11.8. The highest BCUT2D eigenvalue weighted by Crippen LogP contribution is 2.30. The third-order valence-electron chi connectivity index (χ3n) is 5.62. The number of ether oxygens (including phenoxy) is 1. The number of aliphatic hydroxyl groups excluding tert-OH is 1.